The van der Waals surface area contributed by atoms with Crippen molar-refractivity contribution in [3.63, 3.8) is 0 Å². The molecular weight excluding hydrogens is 394 g/mol. The number of hydrogen-bond acceptors (Lipinski definition) is 6. The molecule has 0 spiro atoms. The molecule has 1 fully saturated rings. The summed E-state index contributed by atoms with van der Waals surface area (Å²) in [6, 6.07) is 9.14. The van der Waals surface area contributed by atoms with Gasteiger partial charge in [-0.15, -0.1) is 0 Å². The molecule has 8 heteroatoms. The summed E-state index contributed by atoms with van der Waals surface area (Å²) in [5.74, 6) is 0.526. The summed E-state index contributed by atoms with van der Waals surface area (Å²) in [6.45, 7) is 3.81. The van der Waals surface area contributed by atoms with Gasteiger partial charge in [-0.2, -0.15) is 5.10 Å². The summed E-state index contributed by atoms with van der Waals surface area (Å²) in [7, 11) is 0. The van der Waals surface area contributed by atoms with Gasteiger partial charge in [0.15, 0.2) is 11.6 Å². The molecule has 0 aliphatic heterocycles. The first kappa shape index (κ1) is 19.0. The van der Waals surface area contributed by atoms with Crippen LogP contribution in [0.1, 0.15) is 50.4 Å². The molecule has 1 aliphatic rings. The average Bonchev–Trinajstić information content (AvgIpc) is 3.27. The maximum absolute atomic E-state index is 12.8. The standard InChI is InChI=1S/C23H21N5O3/c1-13-5-6-15(23(30)26-16-7-8-16)10-18(13)27-22-20-14(2)17(11-28(20)25-12-24-22)21(29)19-4-3-9-31-19/h3-6,9-12,16H,7-8H2,1-2H3,(H,26,30)(H,24,25,27). The highest BCUT2D eigenvalue weighted by atomic mass is 16.3. The molecule has 8 nitrogen and oxygen atoms in total. The van der Waals surface area contributed by atoms with Crippen LogP contribution in [0.15, 0.2) is 53.5 Å². The van der Waals surface area contributed by atoms with E-state index in [1.807, 2.05) is 32.0 Å². The first-order chi connectivity index (χ1) is 15.0. The van der Waals surface area contributed by atoms with E-state index in [0.717, 1.165) is 29.7 Å². The predicted octanol–water partition coefficient (Wildman–Crippen LogP) is 3.81. The molecule has 3 aromatic heterocycles. The van der Waals surface area contributed by atoms with Gasteiger partial charge in [-0.25, -0.2) is 9.50 Å². The lowest BCUT2D eigenvalue weighted by Crippen LogP contribution is -2.25. The van der Waals surface area contributed by atoms with E-state index in [-0.39, 0.29) is 17.5 Å². The molecule has 1 aliphatic carbocycles. The van der Waals surface area contributed by atoms with E-state index in [0.29, 0.717) is 28.5 Å². The largest absolute Gasteiger partial charge is 0.461 e. The van der Waals surface area contributed by atoms with E-state index in [2.05, 4.69) is 20.7 Å². The molecular formula is C23H21N5O3. The molecule has 4 aromatic rings. The number of rotatable bonds is 6. The molecule has 156 valence electrons. The summed E-state index contributed by atoms with van der Waals surface area (Å²) in [5.41, 5.74) is 4.24. The van der Waals surface area contributed by atoms with E-state index in [9.17, 15) is 9.59 Å². The minimum atomic E-state index is -0.214. The van der Waals surface area contributed by atoms with Crippen molar-refractivity contribution >= 4 is 28.7 Å². The van der Waals surface area contributed by atoms with Crippen LogP contribution in [0.4, 0.5) is 11.5 Å². The van der Waals surface area contributed by atoms with Crippen LogP contribution in [0.3, 0.4) is 0 Å². The van der Waals surface area contributed by atoms with Crippen molar-refractivity contribution in [2.75, 3.05) is 5.32 Å². The third-order valence-corrected chi connectivity index (χ3v) is 5.48. The number of ketones is 1. The zero-order valence-electron chi connectivity index (χ0n) is 17.2. The first-order valence-electron chi connectivity index (χ1n) is 10.1. The minimum absolute atomic E-state index is 0.0800. The van der Waals surface area contributed by atoms with Gasteiger partial charge in [-0.1, -0.05) is 6.07 Å². The Labute approximate surface area is 178 Å². The third-order valence-electron chi connectivity index (χ3n) is 5.48. The third kappa shape index (κ3) is 3.56. The second-order valence-electron chi connectivity index (χ2n) is 7.78. The number of nitrogens with one attached hydrogen (secondary N) is 2. The lowest BCUT2D eigenvalue weighted by atomic mass is 10.1. The van der Waals surface area contributed by atoms with Crippen LogP contribution < -0.4 is 10.6 Å². The number of fused-ring (bicyclic) bond motifs is 1. The van der Waals surface area contributed by atoms with Crippen LogP contribution in [0, 0.1) is 13.8 Å². The normalized spacial score (nSPS) is 13.4. The molecule has 1 amide bonds. The quantitative estimate of drug-likeness (QED) is 0.465. The van der Waals surface area contributed by atoms with Gasteiger partial charge in [0.1, 0.15) is 11.8 Å². The number of aromatic nitrogens is 3. The zero-order valence-corrected chi connectivity index (χ0v) is 17.2. The second kappa shape index (κ2) is 7.39. The zero-order chi connectivity index (χ0) is 21.5. The van der Waals surface area contributed by atoms with Gasteiger partial charge >= 0.3 is 0 Å². The van der Waals surface area contributed by atoms with E-state index in [1.165, 1.54) is 12.6 Å². The van der Waals surface area contributed by atoms with E-state index >= 15 is 0 Å². The van der Waals surface area contributed by atoms with Gasteiger partial charge in [0.05, 0.1) is 6.26 Å². The molecule has 0 saturated heterocycles. The van der Waals surface area contributed by atoms with Gasteiger partial charge in [-0.05, 0) is 62.1 Å². The van der Waals surface area contributed by atoms with Crippen molar-refractivity contribution in [3.05, 3.63) is 77.1 Å². The van der Waals surface area contributed by atoms with Crippen LogP contribution in [-0.2, 0) is 0 Å². The lowest BCUT2D eigenvalue weighted by molar-refractivity contribution is 0.0950. The summed E-state index contributed by atoms with van der Waals surface area (Å²) >= 11 is 0. The molecule has 0 radical (unpaired) electrons. The van der Waals surface area contributed by atoms with E-state index in [4.69, 9.17) is 4.42 Å². The van der Waals surface area contributed by atoms with Crippen molar-refractivity contribution in [3.8, 4) is 0 Å². The maximum atomic E-state index is 12.8. The van der Waals surface area contributed by atoms with Crippen LogP contribution >= 0.6 is 0 Å². The Morgan fingerprint density at radius 2 is 2.03 bits per heavy atom. The van der Waals surface area contributed by atoms with Crippen LogP contribution in [0.5, 0.6) is 0 Å². The Morgan fingerprint density at radius 1 is 1.19 bits per heavy atom. The summed E-state index contributed by atoms with van der Waals surface area (Å²) in [5, 5.41) is 10.6. The average molecular weight is 415 g/mol. The Balaban J connectivity index is 1.51. The van der Waals surface area contributed by atoms with Gasteiger partial charge in [0.2, 0.25) is 5.78 Å². The second-order valence-corrected chi connectivity index (χ2v) is 7.78. The topological polar surface area (TPSA) is 102 Å². The number of benzene rings is 1. The summed E-state index contributed by atoms with van der Waals surface area (Å²) in [6.07, 6.45) is 6.65. The number of carbonyl (C=O) groups is 2. The number of amides is 1. The van der Waals surface area contributed by atoms with E-state index in [1.54, 1.807) is 22.8 Å². The van der Waals surface area contributed by atoms with Crippen LogP contribution in [0.2, 0.25) is 0 Å². The molecule has 0 atom stereocenters. The van der Waals surface area contributed by atoms with Crippen LogP contribution in [0.25, 0.3) is 5.52 Å². The molecule has 5 rings (SSSR count). The first-order valence-corrected chi connectivity index (χ1v) is 10.1. The highest BCUT2D eigenvalue weighted by molar-refractivity contribution is 6.09. The molecule has 1 aromatic carbocycles. The molecule has 1 saturated carbocycles. The van der Waals surface area contributed by atoms with Crippen molar-refractivity contribution in [2.45, 2.75) is 32.7 Å². The Kier molecular flexibility index (Phi) is 4.54. The fourth-order valence-electron chi connectivity index (χ4n) is 3.54. The fourth-order valence-corrected chi connectivity index (χ4v) is 3.54. The number of anilines is 2. The minimum Gasteiger partial charge on any atom is -0.461 e. The molecule has 31 heavy (non-hydrogen) atoms. The summed E-state index contributed by atoms with van der Waals surface area (Å²) < 4.78 is 6.89. The van der Waals surface area contributed by atoms with Gasteiger partial charge in [0, 0.05) is 29.1 Å². The molecule has 0 unspecified atom stereocenters. The Morgan fingerprint density at radius 3 is 2.77 bits per heavy atom. The predicted molar refractivity (Wildman–Crippen MR) is 115 cm³/mol. The van der Waals surface area contributed by atoms with Gasteiger partial charge in [-0.3, -0.25) is 9.59 Å². The number of aryl methyl sites for hydroxylation is 2. The monoisotopic (exact) mass is 415 g/mol. The highest BCUT2D eigenvalue weighted by Crippen LogP contribution is 2.29. The number of furan rings is 1. The van der Waals surface area contributed by atoms with Crippen LogP contribution in [-0.4, -0.2) is 32.3 Å². The van der Waals surface area contributed by atoms with Crippen molar-refractivity contribution in [2.24, 2.45) is 0 Å². The van der Waals surface area contributed by atoms with E-state index < -0.39 is 0 Å². The SMILES string of the molecule is Cc1ccc(C(=O)NC2CC2)cc1Nc1ncnn2cc(C(=O)c3ccco3)c(C)c12. The summed E-state index contributed by atoms with van der Waals surface area (Å²) in [4.78, 5) is 29.7. The lowest BCUT2D eigenvalue weighted by Gasteiger charge is -2.12. The van der Waals surface area contributed by atoms with Crippen molar-refractivity contribution in [1.82, 2.24) is 19.9 Å². The maximum Gasteiger partial charge on any atom is 0.251 e. The Bertz CT molecular complexity index is 1300. The Hall–Kier alpha value is -3.94. The fraction of sp³-hybridized carbons (Fsp3) is 0.217. The van der Waals surface area contributed by atoms with Crippen molar-refractivity contribution < 1.29 is 14.0 Å². The number of carbonyl (C=O) groups excluding carboxylic acids is 2. The van der Waals surface area contributed by atoms with Gasteiger partial charge in [0.25, 0.3) is 5.91 Å². The number of hydrogen-bond donors (Lipinski definition) is 2. The van der Waals surface area contributed by atoms with Crippen molar-refractivity contribution in [1.29, 1.82) is 0 Å². The molecule has 2 N–H and O–H groups in total. The highest BCUT2D eigenvalue weighted by Gasteiger charge is 2.24. The molecule has 0 bridgehead atoms. The number of nitrogens with zero attached hydrogens (tertiary/aromatic N) is 3. The smallest absolute Gasteiger partial charge is 0.251 e. The molecule has 3 heterocycles. The van der Waals surface area contributed by atoms with Gasteiger partial charge < -0.3 is 15.1 Å².